The van der Waals surface area contributed by atoms with Gasteiger partial charge in [-0.1, -0.05) is 25.4 Å². The predicted octanol–water partition coefficient (Wildman–Crippen LogP) is 5.33. The number of carboxylic acids is 1. The SMILES string of the molecule is CCCN(CCC)Sc1ccc(C(=O)Nc2ccc(Cl)cc2C(=O)O)cc1[N+](=O)[O-]. The van der Waals surface area contributed by atoms with E-state index in [9.17, 15) is 24.8 Å². The zero-order chi connectivity index (χ0) is 22.3. The molecule has 1 amide bonds. The van der Waals surface area contributed by atoms with Crippen molar-refractivity contribution in [2.24, 2.45) is 0 Å². The molecule has 2 aromatic carbocycles. The second kappa shape index (κ2) is 11.0. The number of hydrogen-bond donors (Lipinski definition) is 2. The van der Waals surface area contributed by atoms with E-state index < -0.39 is 16.8 Å². The van der Waals surface area contributed by atoms with Crippen molar-refractivity contribution < 1.29 is 19.6 Å². The second-order valence-corrected chi connectivity index (χ2v) is 7.98. The molecule has 10 heteroatoms. The summed E-state index contributed by atoms with van der Waals surface area (Å²) in [4.78, 5) is 35.5. The Labute approximate surface area is 183 Å². The molecule has 0 spiro atoms. The molecule has 0 aliphatic heterocycles. The molecule has 0 aromatic heterocycles. The quantitative estimate of drug-likeness (QED) is 0.285. The Morgan fingerprint density at radius 1 is 1.17 bits per heavy atom. The van der Waals surface area contributed by atoms with E-state index in [2.05, 4.69) is 9.62 Å². The van der Waals surface area contributed by atoms with E-state index in [1.165, 1.54) is 48.3 Å². The molecule has 0 aliphatic carbocycles. The van der Waals surface area contributed by atoms with E-state index in [0.717, 1.165) is 25.9 Å². The number of carbonyl (C=O) groups is 2. The largest absolute Gasteiger partial charge is 0.478 e. The van der Waals surface area contributed by atoms with Gasteiger partial charge >= 0.3 is 5.97 Å². The zero-order valence-electron chi connectivity index (χ0n) is 16.6. The maximum absolute atomic E-state index is 12.6. The van der Waals surface area contributed by atoms with E-state index in [-0.39, 0.29) is 27.5 Å². The Balaban J connectivity index is 2.30. The molecule has 0 unspecified atom stereocenters. The van der Waals surface area contributed by atoms with Crippen molar-refractivity contribution in [1.82, 2.24) is 4.31 Å². The average molecular weight is 452 g/mol. The molecule has 160 valence electrons. The topological polar surface area (TPSA) is 113 Å². The third-order valence-corrected chi connectivity index (χ3v) is 5.45. The summed E-state index contributed by atoms with van der Waals surface area (Å²) in [5, 5.41) is 23.6. The molecule has 0 saturated heterocycles. The molecule has 2 rings (SSSR count). The van der Waals surface area contributed by atoms with E-state index >= 15 is 0 Å². The fraction of sp³-hybridized carbons (Fsp3) is 0.300. The van der Waals surface area contributed by atoms with Gasteiger partial charge in [-0.05, 0) is 55.1 Å². The maximum atomic E-state index is 12.6. The van der Waals surface area contributed by atoms with Gasteiger partial charge in [-0.25, -0.2) is 9.10 Å². The van der Waals surface area contributed by atoms with E-state index in [0.29, 0.717) is 4.90 Å². The molecular weight excluding hydrogens is 430 g/mol. The summed E-state index contributed by atoms with van der Waals surface area (Å²) in [6.45, 7) is 5.64. The molecule has 0 heterocycles. The van der Waals surface area contributed by atoms with Gasteiger partial charge in [0.2, 0.25) is 0 Å². The molecular formula is C20H22ClN3O5S. The van der Waals surface area contributed by atoms with Crippen molar-refractivity contribution in [1.29, 1.82) is 0 Å². The van der Waals surface area contributed by atoms with Crippen molar-refractivity contribution in [3.8, 4) is 0 Å². The third-order valence-electron chi connectivity index (χ3n) is 4.05. The first-order chi connectivity index (χ1) is 14.3. The van der Waals surface area contributed by atoms with Crippen LogP contribution in [0.15, 0.2) is 41.3 Å². The van der Waals surface area contributed by atoms with Crippen LogP contribution in [0.4, 0.5) is 11.4 Å². The number of hydrogen-bond acceptors (Lipinski definition) is 6. The lowest BCUT2D eigenvalue weighted by molar-refractivity contribution is -0.387. The lowest BCUT2D eigenvalue weighted by Crippen LogP contribution is -2.18. The molecule has 0 fully saturated rings. The van der Waals surface area contributed by atoms with Gasteiger partial charge in [0.05, 0.1) is 16.2 Å². The number of nitro benzene ring substituents is 1. The zero-order valence-corrected chi connectivity index (χ0v) is 18.1. The van der Waals surface area contributed by atoms with Crippen molar-refractivity contribution in [2.75, 3.05) is 18.4 Å². The van der Waals surface area contributed by atoms with Crippen LogP contribution in [0.1, 0.15) is 47.4 Å². The van der Waals surface area contributed by atoms with Gasteiger partial charge in [0.1, 0.15) is 4.90 Å². The van der Waals surface area contributed by atoms with Gasteiger partial charge in [0, 0.05) is 29.7 Å². The Hall–Kier alpha value is -2.62. The number of benzene rings is 2. The number of nitro groups is 1. The molecule has 0 atom stereocenters. The highest BCUT2D eigenvalue weighted by Gasteiger charge is 2.21. The highest BCUT2D eigenvalue weighted by molar-refractivity contribution is 7.97. The Kier molecular flexibility index (Phi) is 8.64. The summed E-state index contributed by atoms with van der Waals surface area (Å²) in [6, 6.07) is 8.26. The van der Waals surface area contributed by atoms with Gasteiger partial charge in [-0.2, -0.15) is 0 Å². The molecule has 2 aromatic rings. The van der Waals surface area contributed by atoms with Gasteiger partial charge in [0.25, 0.3) is 11.6 Å². The molecule has 0 bridgehead atoms. The first-order valence-corrected chi connectivity index (χ1v) is 10.5. The van der Waals surface area contributed by atoms with Crippen LogP contribution in [0.25, 0.3) is 0 Å². The number of nitrogens with one attached hydrogen (secondary N) is 1. The van der Waals surface area contributed by atoms with Crippen LogP contribution in [0, 0.1) is 10.1 Å². The average Bonchev–Trinajstić information content (AvgIpc) is 2.69. The Morgan fingerprint density at radius 2 is 1.83 bits per heavy atom. The van der Waals surface area contributed by atoms with Crippen molar-refractivity contribution >= 4 is 46.8 Å². The molecule has 30 heavy (non-hydrogen) atoms. The number of amides is 1. The predicted molar refractivity (Wildman–Crippen MR) is 117 cm³/mol. The summed E-state index contributed by atoms with van der Waals surface area (Å²) < 4.78 is 2.05. The summed E-state index contributed by atoms with van der Waals surface area (Å²) in [5.41, 5.74) is -0.253. The van der Waals surface area contributed by atoms with Gasteiger partial charge in [-0.3, -0.25) is 14.9 Å². The van der Waals surface area contributed by atoms with E-state index in [4.69, 9.17) is 11.6 Å². The molecule has 0 radical (unpaired) electrons. The lowest BCUT2D eigenvalue weighted by atomic mass is 10.1. The fourth-order valence-corrected chi connectivity index (χ4v) is 4.07. The summed E-state index contributed by atoms with van der Waals surface area (Å²) >= 11 is 7.11. The van der Waals surface area contributed by atoms with Crippen LogP contribution in [0.2, 0.25) is 5.02 Å². The normalized spacial score (nSPS) is 10.8. The van der Waals surface area contributed by atoms with Crippen molar-refractivity contribution in [3.05, 3.63) is 62.7 Å². The summed E-state index contributed by atoms with van der Waals surface area (Å²) in [7, 11) is 0. The van der Waals surface area contributed by atoms with Crippen LogP contribution in [0.3, 0.4) is 0 Å². The number of nitrogens with zero attached hydrogens (tertiary/aromatic N) is 2. The molecule has 8 nitrogen and oxygen atoms in total. The minimum atomic E-state index is -1.25. The minimum absolute atomic E-state index is 0.0508. The molecule has 2 N–H and O–H groups in total. The Morgan fingerprint density at radius 3 is 2.40 bits per heavy atom. The van der Waals surface area contributed by atoms with Crippen LogP contribution >= 0.6 is 23.5 Å². The number of rotatable bonds is 10. The number of halogens is 1. The molecule has 0 aliphatic rings. The van der Waals surface area contributed by atoms with Crippen LogP contribution in [-0.4, -0.2) is 39.3 Å². The number of anilines is 1. The van der Waals surface area contributed by atoms with E-state index in [1.54, 1.807) is 0 Å². The van der Waals surface area contributed by atoms with Crippen LogP contribution < -0.4 is 5.32 Å². The molecule has 0 saturated carbocycles. The van der Waals surface area contributed by atoms with Gasteiger partial charge < -0.3 is 10.4 Å². The summed E-state index contributed by atoms with van der Waals surface area (Å²) in [5.74, 6) is -1.91. The van der Waals surface area contributed by atoms with Gasteiger partial charge in [-0.15, -0.1) is 0 Å². The van der Waals surface area contributed by atoms with Gasteiger partial charge in [0.15, 0.2) is 0 Å². The number of aromatic carboxylic acids is 1. The highest BCUT2D eigenvalue weighted by Crippen LogP contribution is 2.33. The Bertz CT molecular complexity index is 948. The monoisotopic (exact) mass is 451 g/mol. The fourth-order valence-electron chi connectivity index (χ4n) is 2.72. The maximum Gasteiger partial charge on any atom is 0.337 e. The van der Waals surface area contributed by atoms with Crippen molar-refractivity contribution in [3.63, 3.8) is 0 Å². The van der Waals surface area contributed by atoms with Crippen LogP contribution in [-0.2, 0) is 0 Å². The van der Waals surface area contributed by atoms with Crippen molar-refractivity contribution in [2.45, 2.75) is 31.6 Å². The first kappa shape index (κ1) is 23.7. The minimum Gasteiger partial charge on any atom is -0.478 e. The number of carboxylic acid groups (broad SMARTS) is 1. The third kappa shape index (κ3) is 6.19. The smallest absolute Gasteiger partial charge is 0.337 e. The summed E-state index contributed by atoms with van der Waals surface area (Å²) in [6.07, 6.45) is 1.82. The standard InChI is InChI=1S/C20H22ClN3O5S/c1-3-9-23(10-4-2)30-18-8-5-13(11-17(18)24(28)29)19(25)22-16-7-6-14(21)12-15(16)20(26)27/h5-8,11-12H,3-4,9-10H2,1-2H3,(H,22,25)(H,26,27). The van der Waals surface area contributed by atoms with Crippen LogP contribution in [0.5, 0.6) is 0 Å². The van der Waals surface area contributed by atoms with E-state index in [1.807, 2.05) is 13.8 Å². The number of carbonyl (C=O) groups excluding carboxylic acids is 1. The second-order valence-electron chi connectivity index (χ2n) is 6.41. The highest BCUT2D eigenvalue weighted by atomic mass is 35.5. The lowest BCUT2D eigenvalue weighted by Gasteiger charge is -2.19. The first-order valence-electron chi connectivity index (χ1n) is 9.32.